The number of carbonyl (C=O) groups is 3. The molecule has 2 aromatic carbocycles. The van der Waals surface area contributed by atoms with Gasteiger partial charge in [-0.2, -0.15) is 0 Å². The number of rotatable bonds is 13. The third-order valence-electron chi connectivity index (χ3n) is 5.16. The number of aliphatic hydroxyl groups is 1. The lowest BCUT2D eigenvalue weighted by Gasteiger charge is -2.15. The molecule has 0 unspecified atom stereocenters. The minimum absolute atomic E-state index is 0.0506. The fourth-order valence-corrected chi connectivity index (χ4v) is 3.25. The Morgan fingerprint density at radius 3 is 2.33 bits per heavy atom. The van der Waals surface area contributed by atoms with E-state index in [1.54, 1.807) is 6.07 Å². The van der Waals surface area contributed by atoms with Crippen LogP contribution in [0.5, 0.6) is 17.2 Å². The van der Waals surface area contributed by atoms with Crippen LogP contribution in [0, 0.1) is 0 Å². The smallest absolute Gasteiger partial charge is 0.323 e. The summed E-state index contributed by atoms with van der Waals surface area (Å²) < 4.78 is 10.2. The third kappa shape index (κ3) is 8.37. The van der Waals surface area contributed by atoms with Crippen LogP contribution < -0.4 is 10.5 Å². The number of hydrogen-bond donors (Lipinski definition) is 4. The van der Waals surface area contributed by atoms with Crippen molar-refractivity contribution in [1.82, 2.24) is 0 Å². The lowest BCUT2D eigenvalue weighted by atomic mass is 9.98. The van der Waals surface area contributed by atoms with Crippen LogP contribution in [0.3, 0.4) is 0 Å². The zero-order valence-corrected chi connectivity index (χ0v) is 20.3. The van der Waals surface area contributed by atoms with Gasteiger partial charge in [-0.05, 0) is 65.9 Å². The quantitative estimate of drug-likeness (QED) is 0.186. The fourth-order valence-electron chi connectivity index (χ4n) is 3.25. The summed E-state index contributed by atoms with van der Waals surface area (Å²) in [5.74, 6) is -1.50. The van der Waals surface area contributed by atoms with Crippen molar-refractivity contribution in [2.75, 3.05) is 13.7 Å². The molecule has 0 bridgehead atoms. The van der Waals surface area contributed by atoms with Crippen molar-refractivity contribution in [3.63, 3.8) is 0 Å². The van der Waals surface area contributed by atoms with E-state index in [0.717, 1.165) is 0 Å². The largest absolute Gasteiger partial charge is 0.508 e. The van der Waals surface area contributed by atoms with Crippen molar-refractivity contribution < 1.29 is 39.2 Å². The number of aliphatic hydroxyl groups excluding tert-OH is 1. The second kappa shape index (κ2) is 13.8. The Morgan fingerprint density at radius 1 is 1.00 bits per heavy atom. The summed E-state index contributed by atoms with van der Waals surface area (Å²) in [6.07, 6.45) is 5.75. The van der Waals surface area contributed by atoms with E-state index < -0.39 is 23.6 Å². The van der Waals surface area contributed by atoms with Crippen molar-refractivity contribution in [2.45, 2.75) is 38.8 Å². The zero-order valence-electron chi connectivity index (χ0n) is 20.3. The fraction of sp³-hybridized carbons (Fsp3) is 0.296. The van der Waals surface area contributed by atoms with E-state index in [-0.39, 0.29) is 43.3 Å². The lowest BCUT2D eigenvalue weighted by Crippen LogP contribution is -2.34. The second-order valence-corrected chi connectivity index (χ2v) is 8.02. The molecule has 2 aromatic rings. The van der Waals surface area contributed by atoms with Crippen LogP contribution in [0.1, 0.15) is 42.0 Å². The molecule has 0 aliphatic carbocycles. The zero-order chi connectivity index (χ0) is 26.7. The van der Waals surface area contributed by atoms with Crippen LogP contribution in [-0.4, -0.2) is 52.6 Å². The topological polar surface area (TPSA) is 156 Å². The molecule has 0 saturated heterocycles. The number of phenols is 2. The first kappa shape index (κ1) is 28.3. The van der Waals surface area contributed by atoms with E-state index in [1.165, 1.54) is 55.7 Å². The van der Waals surface area contributed by atoms with Crippen LogP contribution in [0.4, 0.5) is 0 Å². The molecule has 1 atom stereocenters. The van der Waals surface area contributed by atoms with Crippen LogP contribution in [-0.2, 0) is 32.1 Å². The number of ketones is 2. The van der Waals surface area contributed by atoms with Gasteiger partial charge in [-0.25, -0.2) is 0 Å². The standard InChI is InChI=1S/C27H31NO8/c1-3-10-36-27(34)23(28)12-19-13-25(33)26(35-2)14-18(19)6-8-22(31)15-21(30)7-4-17-5-9-24(32)20(11-17)16-29/h4-9,11,13-14,23,29,32-33H,3,10,12,15-16,28H2,1-2H3/t23-/m0/s1. The number of hydrogen-bond acceptors (Lipinski definition) is 9. The predicted molar refractivity (Wildman–Crippen MR) is 134 cm³/mol. The van der Waals surface area contributed by atoms with E-state index >= 15 is 0 Å². The maximum atomic E-state index is 12.4. The van der Waals surface area contributed by atoms with E-state index in [0.29, 0.717) is 28.7 Å². The Bertz CT molecular complexity index is 1150. The summed E-state index contributed by atoms with van der Waals surface area (Å²) in [5, 5.41) is 29.0. The second-order valence-electron chi connectivity index (χ2n) is 8.02. The number of benzene rings is 2. The number of aromatic hydroxyl groups is 2. The normalized spacial score (nSPS) is 12.1. The predicted octanol–water partition coefficient (Wildman–Crippen LogP) is 2.68. The average Bonchev–Trinajstić information content (AvgIpc) is 2.86. The average molecular weight is 498 g/mol. The summed E-state index contributed by atoms with van der Waals surface area (Å²) >= 11 is 0. The first-order chi connectivity index (χ1) is 17.2. The van der Waals surface area contributed by atoms with E-state index in [9.17, 15) is 29.7 Å². The molecule has 2 rings (SSSR count). The van der Waals surface area contributed by atoms with Gasteiger partial charge >= 0.3 is 5.97 Å². The molecule has 0 aromatic heterocycles. The summed E-state index contributed by atoms with van der Waals surface area (Å²) in [5.41, 5.74) is 7.84. The molecule has 5 N–H and O–H groups in total. The van der Waals surface area contributed by atoms with Crippen molar-refractivity contribution in [3.8, 4) is 17.2 Å². The highest BCUT2D eigenvalue weighted by atomic mass is 16.5. The first-order valence-electron chi connectivity index (χ1n) is 11.3. The number of phenolic OH excluding ortho intramolecular Hbond substituents is 1. The highest BCUT2D eigenvalue weighted by Crippen LogP contribution is 2.31. The van der Waals surface area contributed by atoms with E-state index in [1.807, 2.05) is 6.92 Å². The minimum atomic E-state index is -0.967. The third-order valence-corrected chi connectivity index (χ3v) is 5.16. The van der Waals surface area contributed by atoms with Crippen LogP contribution in [0.2, 0.25) is 0 Å². The number of ether oxygens (including phenoxy) is 2. The number of esters is 1. The van der Waals surface area contributed by atoms with Crippen LogP contribution in [0.15, 0.2) is 42.5 Å². The molecule has 0 fully saturated rings. The molecular formula is C27H31NO8. The van der Waals surface area contributed by atoms with Gasteiger partial charge in [-0.3, -0.25) is 14.4 Å². The van der Waals surface area contributed by atoms with Gasteiger partial charge in [0.05, 0.1) is 26.7 Å². The number of allylic oxidation sites excluding steroid dienone is 2. The number of methoxy groups -OCH3 is 1. The first-order valence-corrected chi connectivity index (χ1v) is 11.3. The van der Waals surface area contributed by atoms with Gasteiger partial charge in [0.15, 0.2) is 23.1 Å². The van der Waals surface area contributed by atoms with Gasteiger partial charge in [-0.1, -0.05) is 25.1 Å². The molecule has 0 radical (unpaired) electrons. The van der Waals surface area contributed by atoms with Gasteiger partial charge in [0.1, 0.15) is 11.8 Å². The van der Waals surface area contributed by atoms with Crippen LogP contribution in [0.25, 0.3) is 12.2 Å². The van der Waals surface area contributed by atoms with Gasteiger partial charge in [0.2, 0.25) is 0 Å². The maximum absolute atomic E-state index is 12.4. The van der Waals surface area contributed by atoms with Gasteiger partial charge < -0.3 is 30.5 Å². The molecule has 0 aliphatic heterocycles. The monoisotopic (exact) mass is 497 g/mol. The molecule has 9 heteroatoms. The Labute approximate surface area is 209 Å². The minimum Gasteiger partial charge on any atom is -0.508 e. The molecule has 0 saturated carbocycles. The molecule has 0 amide bonds. The highest BCUT2D eigenvalue weighted by molar-refractivity contribution is 6.11. The lowest BCUT2D eigenvalue weighted by molar-refractivity contribution is -0.145. The van der Waals surface area contributed by atoms with Crippen molar-refractivity contribution >= 4 is 29.7 Å². The Balaban J connectivity index is 2.12. The molecule has 192 valence electrons. The molecular weight excluding hydrogens is 466 g/mol. The highest BCUT2D eigenvalue weighted by Gasteiger charge is 2.19. The molecule has 36 heavy (non-hydrogen) atoms. The summed E-state index contributed by atoms with van der Waals surface area (Å²) in [6, 6.07) is 6.45. The Morgan fingerprint density at radius 2 is 1.69 bits per heavy atom. The molecule has 0 spiro atoms. The summed E-state index contributed by atoms with van der Waals surface area (Å²) in [4.78, 5) is 36.6. The van der Waals surface area contributed by atoms with Crippen molar-refractivity contribution in [2.24, 2.45) is 5.73 Å². The number of nitrogens with two attached hydrogens (primary N) is 1. The van der Waals surface area contributed by atoms with E-state index in [4.69, 9.17) is 15.2 Å². The van der Waals surface area contributed by atoms with E-state index in [2.05, 4.69) is 0 Å². The summed E-state index contributed by atoms with van der Waals surface area (Å²) in [7, 11) is 1.38. The van der Waals surface area contributed by atoms with Crippen LogP contribution >= 0.6 is 0 Å². The van der Waals surface area contributed by atoms with Gasteiger partial charge in [-0.15, -0.1) is 0 Å². The summed E-state index contributed by atoms with van der Waals surface area (Å²) in [6.45, 7) is 1.76. The Kier molecular flexibility index (Phi) is 10.9. The van der Waals surface area contributed by atoms with Gasteiger partial charge in [0, 0.05) is 5.56 Å². The maximum Gasteiger partial charge on any atom is 0.323 e. The molecule has 0 heterocycles. The van der Waals surface area contributed by atoms with Gasteiger partial charge in [0.25, 0.3) is 0 Å². The Hall–Kier alpha value is -3.95. The SMILES string of the molecule is CCCOC(=O)[C@@H](N)Cc1cc(O)c(OC)cc1C=CC(=O)CC(=O)C=Cc1ccc(O)c(CO)c1. The van der Waals surface area contributed by atoms with Crippen molar-refractivity contribution in [3.05, 3.63) is 64.7 Å². The van der Waals surface area contributed by atoms with Crippen molar-refractivity contribution in [1.29, 1.82) is 0 Å². The molecule has 0 aliphatic rings. The number of carbonyl (C=O) groups excluding carboxylic acids is 3. The molecule has 9 nitrogen and oxygen atoms in total.